The van der Waals surface area contributed by atoms with Gasteiger partial charge in [0.1, 0.15) is 0 Å². The van der Waals surface area contributed by atoms with Gasteiger partial charge in [0.05, 0.1) is 12.6 Å². The minimum atomic E-state index is 0.229. The summed E-state index contributed by atoms with van der Waals surface area (Å²) in [6.07, 6.45) is 9.49. The molecule has 1 aliphatic rings. The molecule has 0 bridgehead atoms. The molecule has 0 spiro atoms. The van der Waals surface area contributed by atoms with Gasteiger partial charge in [-0.05, 0) is 43.9 Å². The van der Waals surface area contributed by atoms with Gasteiger partial charge in [0.25, 0.3) is 0 Å². The van der Waals surface area contributed by atoms with Crippen LogP contribution < -0.4 is 5.73 Å². The van der Waals surface area contributed by atoms with E-state index in [1.807, 2.05) is 23.1 Å². The Balaban J connectivity index is 1.84. The van der Waals surface area contributed by atoms with Gasteiger partial charge in [0, 0.05) is 30.3 Å². The van der Waals surface area contributed by atoms with Crippen LogP contribution in [0.5, 0.6) is 0 Å². The summed E-state index contributed by atoms with van der Waals surface area (Å²) in [4.78, 5) is 0. The maximum absolute atomic E-state index is 6.16. The third kappa shape index (κ3) is 1.97. The van der Waals surface area contributed by atoms with Crippen molar-refractivity contribution in [2.24, 2.45) is 5.73 Å². The van der Waals surface area contributed by atoms with Crippen LogP contribution in [0, 0.1) is 0 Å². The molecule has 2 aromatic heterocycles. The first-order chi connectivity index (χ1) is 8.75. The Morgan fingerprint density at radius 3 is 3.17 bits per heavy atom. The molecule has 18 heavy (non-hydrogen) atoms. The average molecular weight is 244 g/mol. The van der Waals surface area contributed by atoms with Gasteiger partial charge in [-0.15, -0.1) is 0 Å². The van der Waals surface area contributed by atoms with Crippen LogP contribution in [-0.4, -0.2) is 14.3 Å². The van der Waals surface area contributed by atoms with E-state index in [9.17, 15) is 0 Å². The van der Waals surface area contributed by atoms with Gasteiger partial charge < -0.3 is 10.3 Å². The van der Waals surface area contributed by atoms with E-state index in [0.717, 1.165) is 19.4 Å². The van der Waals surface area contributed by atoms with Crippen molar-refractivity contribution >= 4 is 0 Å². The van der Waals surface area contributed by atoms with Crippen LogP contribution >= 0.6 is 0 Å². The second-order valence-corrected chi connectivity index (χ2v) is 5.20. The summed E-state index contributed by atoms with van der Waals surface area (Å²) < 4.78 is 4.36. The van der Waals surface area contributed by atoms with E-state index in [0.29, 0.717) is 6.04 Å². The lowest BCUT2D eigenvalue weighted by Gasteiger charge is -2.24. The fourth-order valence-corrected chi connectivity index (χ4v) is 2.93. The summed E-state index contributed by atoms with van der Waals surface area (Å²) in [5.74, 6) is 0. The van der Waals surface area contributed by atoms with E-state index in [1.54, 1.807) is 0 Å². The second kappa shape index (κ2) is 4.61. The molecule has 4 nitrogen and oxygen atoms in total. The molecule has 0 aliphatic heterocycles. The van der Waals surface area contributed by atoms with Crippen LogP contribution in [-0.2, 0) is 13.0 Å². The first-order valence-corrected chi connectivity index (χ1v) is 6.68. The first kappa shape index (κ1) is 11.5. The van der Waals surface area contributed by atoms with Crippen molar-refractivity contribution in [1.29, 1.82) is 0 Å². The first-order valence-electron chi connectivity index (χ1n) is 6.68. The highest BCUT2D eigenvalue weighted by Gasteiger charge is 2.21. The molecule has 2 aromatic rings. The standard InChI is InChI=1S/C14H20N4/c1-11(10-17-8-3-7-16-17)18-9-6-12-13(15)4-2-5-14(12)18/h3,6-9,11,13H,2,4-5,10,15H2,1H3. The second-order valence-electron chi connectivity index (χ2n) is 5.20. The Labute approximate surface area is 107 Å². The molecule has 0 aromatic carbocycles. The predicted molar refractivity (Wildman–Crippen MR) is 71.2 cm³/mol. The molecule has 0 amide bonds. The van der Waals surface area contributed by atoms with Crippen molar-refractivity contribution in [1.82, 2.24) is 14.3 Å². The molecule has 0 saturated heterocycles. The summed E-state index contributed by atoms with van der Waals surface area (Å²) in [7, 11) is 0. The van der Waals surface area contributed by atoms with E-state index in [1.165, 1.54) is 17.7 Å². The molecule has 0 fully saturated rings. The third-order valence-corrected chi connectivity index (χ3v) is 3.87. The lowest BCUT2D eigenvalue weighted by Crippen LogP contribution is -2.21. The highest BCUT2D eigenvalue weighted by atomic mass is 15.3. The normalized spacial score (nSPS) is 20.7. The molecule has 3 rings (SSSR count). The molecule has 2 atom stereocenters. The van der Waals surface area contributed by atoms with Crippen LogP contribution in [0.2, 0.25) is 0 Å². The van der Waals surface area contributed by atoms with E-state index in [4.69, 9.17) is 5.73 Å². The Bertz CT molecular complexity index is 512. The molecular weight excluding hydrogens is 224 g/mol. The zero-order valence-corrected chi connectivity index (χ0v) is 10.8. The quantitative estimate of drug-likeness (QED) is 0.900. The van der Waals surface area contributed by atoms with Crippen molar-refractivity contribution in [2.75, 3.05) is 0 Å². The molecule has 4 heteroatoms. The van der Waals surface area contributed by atoms with Gasteiger partial charge in [-0.25, -0.2) is 0 Å². The van der Waals surface area contributed by atoms with Crippen LogP contribution in [0.4, 0.5) is 0 Å². The minimum absolute atomic E-state index is 0.229. The highest BCUT2D eigenvalue weighted by Crippen LogP contribution is 2.30. The molecule has 96 valence electrons. The fourth-order valence-electron chi connectivity index (χ4n) is 2.93. The van der Waals surface area contributed by atoms with Gasteiger partial charge >= 0.3 is 0 Å². The maximum Gasteiger partial charge on any atom is 0.0614 e. The third-order valence-electron chi connectivity index (χ3n) is 3.87. The van der Waals surface area contributed by atoms with Gasteiger partial charge in [-0.2, -0.15) is 5.10 Å². The van der Waals surface area contributed by atoms with Crippen molar-refractivity contribution in [2.45, 2.75) is 44.8 Å². The summed E-state index contributed by atoms with van der Waals surface area (Å²) in [6, 6.07) is 4.80. The van der Waals surface area contributed by atoms with Crippen LogP contribution in [0.15, 0.2) is 30.7 Å². The zero-order valence-electron chi connectivity index (χ0n) is 10.8. The topological polar surface area (TPSA) is 48.8 Å². The SMILES string of the molecule is CC(Cn1cccn1)n1ccc2c1CCCC2N. The number of hydrogen-bond donors (Lipinski definition) is 1. The molecular formula is C14H20N4. The van der Waals surface area contributed by atoms with Crippen LogP contribution in [0.25, 0.3) is 0 Å². The Morgan fingerprint density at radius 1 is 1.50 bits per heavy atom. The minimum Gasteiger partial charge on any atom is -0.347 e. The lowest BCUT2D eigenvalue weighted by molar-refractivity contribution is 0.418. The van der Waals surface area contributed by atoms with Gasteiger partial charge in [0.2, 0.25) is 0 Å². The molecule has 1 aliphatic carbocycles. The van der Waals surface area contributed by atoms with Gasteiger partial charge in [-0.1, -0.05) is 0 Å². The number of aromatic nitrogens is 3. The molecule has 0 saturated carbocycles. The number of hydrogen-bond acceptors (Lipinski definition) is 2. The summed E-state index contributed by atoms with van der Waals surface area (Å²) in [5.41, 5.74) is 8.93. The number of rotatable bonds is 3. The van der Waals surface area contributed by atoms with Crippen molar-refractivity contribution < 1.29 is 0 Å². The summed E-state index contributed by atoms with van der Waals surface area (Å²) >= 11 is 0. The van der Waals surface area contributed by atoms with Crippen LogP contribution in [0.1, 0.15) is 43.1 Å². The Kier molecular flexibility index (Phi) is 2.96. The van der Waals surface area contributed by atoms with E-state index < -0.39 is 0 Å². The highest BCUT2D eigenvalue weighted by molar-refractivity contribution is 5.28. The largest absolute Gasteiger partial charge is 0.347 e. The number of nitrogens with two attached hydrogens (primary N) is 1. The Hall–Kier alpha value is -1.55. The molecule has 2 N–H and O–H groups in total. The summed E-state index contributed by atoms with van der Waals surface area (Å²) in [6.45, 7) is 3.14. The molecule has 2 heterocycles. The monoisotopic (exact) mass is 244 g/mol. The Morgan fingerprint density at radius 2 is 2.39 bits per heavy atom. The molecule has 0 radical (unpaired) electrons. The summed E-state index contributed by atoms with van der Waals surface area (Å²) in [5, 5.41) is 4.27. The zero-order chi connectivity index (χ0) is 12.5. The van der Waals surface area contributed by atoms with Gasteiger partial charge in [-0.3, -0.25) is 4.68 Å². The van der Waals surface area contributed by atoms with Crippen molar-refractivity contribution in [3.05, 3.63) is 42.0 Å². The van der Waals surface area contributed by atoms with Crippen LogP contribution in [0.3, 0.4) is 0 Å². The lowest BCUT2D eigenvalue weighted by atomic mass is 9.93. The smallest absolute Gasteiger partial charge is 0.0614 e. The van der Waals surface area contributed by atoms with E-state index >= 15 is 0 Å². The molecule has 2 unspecified atom stereocenters. The number of fused-ring (bicyclic) bond motifs is 1. The van der Waals surface area contributed by atoms with E-state index in [-0.39, 0.29) is 6.04 Å². The maximum atomic E-state index is 6.16. The predicted octanol–water partition coefficient (Wildman–Crippen LogP) is 2.28. The number of nitrogens with zero attached hydrogens (tertiary/aromatic N) is 3. The van der Waals surface area contributed by atoms with Crippen molar-refractivity contribution in [3.63, 3.8) is 0 Å². The van der Waals surface area contributed by atoms with Gasteiger partial charge in [0.15, 0.2) is 0 Å². The fraction of sp³-hybridized carbons (Fsp3) is 0.500. The average Bonchev–Trinajstić information content (AvgIpc) is 2.98. The van der Waals surface area contributed by atoms with Crippen molar-refractivity contribution in [3.8, 4) is 0 Å². The van der Waals surface area contributed by atoms with E-state index in [2.05, 4.69) is 28.9 Å².